The van der Waals surface area contributed by atoms with E-state index in [1.54, 1.807) is 0 Å². The Morgan fingerprint density at radius 2 is 0.750 bits per heavy atom. The van der Waals surface area contributed by atoms with E-state index in [0.29, 0.717) is 47.3 Å². The van der Waals surface area contributed by atoms with Crippen molar-refractivity contribution in [2.24, 2.45) is 53.3 Å². The fourth-order valence-corrected chi connectivity index (χ4v) is 30.5. The van der Waals surface area contributed by atoms with E-state index in [2.05, 4.69) is 62.3 Å². The van der Waals surface area contributed by atoms with Gasteiger partial charge in [0, 0.05) is 0 Å². The molecule has 3 aliphatic rings. The summed E-state index contributed by atoms with van der Waals surface area (Å²) in [5, 5.41) is 0. The van der Waals surface area contributed by atoms with Gasteiger partial charge < -0.3 is 0 Å². The van der Waals surface area contributed by atoms with Crippen molar-refractivity contribution in [3.05, 3.63) is 0 Å². The van der Waals surface area contributed by atoms with Gasteiger partial charge in [-0.15, -0.1) is 0 Å². The van der Waals surface area contributed by atoms with Crippen LogP contribution in [0, 0.1) is 53.3 Å². The van der Waals surface area contributed by atoms with Gasteiger partial charge in [-0.1, -0.05) is 0 Å². The Balaban J connectivity index is 2.14. The molecule has 188 valence electrons. The van der Waals surface area contributed by atoms with Crippen LogP contribution < -0.4 is 0 Å². The van der Waals surface area contributed by atoms with Gasteiger partial charge in [0.1, 0.15) is 0 Å². The second kappa shape index (κ2) is 11.2. The van der Waals surface area contributed by atoms with Gasteiger partial charge in [-0.05, 0) is 0 Å². The first kappa shape index (κ1) is 27.3. The second-order valence-electron chi connectivity index (χ2n) is 14.1. The van der Waals surface area contributed by atoms with Crippen molar-refractivity contribution in [2.75, 3.05) is 0 Å². The standard InChI is InChI=1S/3C10H19.FH.Sn/c3*1-8(2)10-6-4-9(3)5-7-10;;/h3*6,8-10H,4-5,7H2,1-3H3;1H;/q;;;;+1/p-1/t9-,10+;2*9-,10-;;/m000../s1. The van der Waals surface area contributed by atoms with Crippen LogP contribution in [0.5, 0.6) is 0 Å². The molecule has 3 rings (SSSR count). The maximum atomic E-state index is 19.0. The number of hydrogen-bond donors (Lipinski definition) is 0. The molecule has 0 saturated heterocycles. The fraction of sp³-hybridized carbons (Fsp3) is 1.00. The van der Waals surface area contributed by atoms with Gasteiger partial charge >= 0.3 is 207 Å². The Kier molecular flexibility index (Phi) is 9.56. The molecule has 0 aromatic heterocycles. The Morgan fingerprint density at radius 1 is 0.500 bits per heavy atom. The van der Waals surface area contributed by atoms with Crippen molar-refractivity contribution < 1.29 is 2.87 Å². The third kappa shape index (κ3) is 5.59. The molecular weight excluding hydrogens is 498 g/mol. The minimum absolute atomic E-state index is 0.473. The van der Waals surface area contributed by atoms with Gasteiger partial charge in [-0.25, -0.2) is 0 Å². The summed E-state index contributed by atoms with van der Waals surface area (Å²) in [5.74, 6) is 6.12. The Morgan fingerprint density at radius 3 is 0.969 bits per heavy atom. The molecule has 0 aromatic rings. The van der Waals surface area contributed by atoms with E-state index in [-0.39, 0.29) is 0 Å². The van der Waals surface area contributed by atoms with Crippen LogP contribution in [-0.2, 0) is 0 Å². The summed E-state index contributed by atoms with van der Waals surface area (Å²) in [6.45, 7) is 21.9. The Labute approximate surface area is 206 Å². The minimum atomic E-state index is -4.10. The monoisotopic (exact) mass is 556 g/mol. The van der Waals surface area contributed by atoms with Gasteiger partial charge in [0.25, 0.3) is 0 Å². The molecule has 0 nitrogen and oxygen atoms in total. The third-order valence-electron chi connectivity index (χ3n) is 10.8. The molecular formula is C30H57FSn. The van der Waals surface area contributed by atoms with Crippen molar-refractivity contribution in [1.82, 2.24) is 0 Å². The van der Waals surface area contributed by atoms with Crippen LogP contribution in [0.15, 0.2) is 0 Å². The van der Waals surface area contributed by atoms with Crippen LogP contribution in [0.1, 0.15) is 120 Å². The SMILES string of the molecule is CC(C)[C@H]1CC[C@@H](C)C[C@H]1[Sn]([F])([C@@H]1C[C@H](C)CC[C@H]1C(C)C)[C@@H]1C[C@H](C)CC[C@H]1C(C)C. The molecule has 3 fully saturated rings. The first-order chi connectivity index (χ1) is 15.0. The van der Waals surface area contributed by atoms with Crippen molar-refractivity contribution in [3.8, 4) is 0 Å². The van der Waals surface area contributed by atoms with E-state index in [4.69, 9.17) is 0 Å². The molecule has 9 atom stereocenters. The summed E-state index contributed by atoms with van der Waals surface area (Å²) in [5.41, 5.74) is 0. The zero-order chi connectivity index (χ0) is 23.8. The average molecular weight is 555 g/mol. The molecule has 0 unspecified atom stereocenters. The molecule has 0 radical (unpaired) electrons. The fourth-order valence-electron chi connectivity index (χ4n) is 8.96. The number of halogens is 1. The molecule has 0 heterocycles. The van der Waals surface area contributed by atoms with Crippen LogP contribution in [-0.4, -0.2) is 18.9 Å². The predicted octanol–water partition coefficient (Wildman–Crippen LogP) is 10.3. The molecule has 2 heteroatoms. The molecule has 0 aromatic carbocycles. The summed E-state index contributed by atoms with van der Waals surface area (Å²) >= 11 is -4.10. The first-order valence-corrected chi connectivity index (χ1v) is 20.7. The van der Waals surface area contributed by atoms with Crippen LogP contribution in [0.2, 0.25) is 11.8 Å². The predicted molar refractivity (Wildman–Crippen MR) is 142 cm³/mol. The molecule has 0 bridgehead atoms. The van der Waals surface area contributed by atoms with Crippen LogP contribution in [0.4, 0.5) is 2.87 Å². The molecule has 0 aliphatic heterocycles. The van der Waals surface area contributed by atoms with Gasteiger partial charge in [0.05, 0.1) is 0 Å². The topological polar surface area (TPSA) is 0 Å². The van der Waals surface area contributed by atoms with E-state index >= 15 is 2.87 Å². The molecule has 32 heavy (non-hydrogen) atoms. The molecule has 3 saturated carbocycles. The van der Waals surface area contributed by atoms with Crippen molar-refractivity contribution >= 4 is 18.9 Å². The third-order valence-corrected chi connectivity index (χ3v) is 26.2. The average Bonchev–Trinajstić information content (AvgIpc) is 2.72. The Hall–Kier alpha value is 0.729. The van der Waals surface area contributed by atoms with E-state index in [1.807, 2.05) is 0 Å². The number of hydrogen-bond acceptors (Lipinski definition) is 0. The molecule has 0 N–H and O–H groups in total. The zero-order valence-corrected chi connectivity index (χ0v) is 26.0. The molecule has 0 spiro atoms. The van der Waals surface area contributed by atoms with Gasteiger partial charge in [0.15, 0.2) is 0 Å². The quantitative estimate of drug-likeness (QED) is 0.286. The maximum absolute atomic E-state index is 19.0. The molecule has 0 amide bonds. The zero-order valence-electron chi connectivity index (χ0n) is 23.2. The summed E-state index contributed by atoms with van der Waals surface area (Å²) in [4.78, 5) is 0. The van der Waals surface area contributed by atoms with Gasteiger partial charge in [0.2, 0.25) is 0 Å². The van der Waals surface area contributed by atoms with Crippen molar-refractivity contribution in [3.63, 3.8) is 0 Å². The summed E-state index contributed by atoms with van der Waals surface area (Å²) < 4.78 is 20.4. The summed E-state index contributed by atoms with van der Waals surface area (Å²) in [6, 6.07) is 0. The van der Waals surface area contributed by atoms with Crippen molar-refractivity contribution in [2.45, 2.75) is 132 Å². The van der Waals surface area contributed by atoms with Crippen LogP contribution in [0.25, 0.3) is 0 Å². The normalized spacial score (nSPS) is 42.1. The van der Waals surface area contributed by atoms with E-state index in [1.165, 1.54) is 57.8 Å². The van der Waals surface area contributed by atoms with Crippen LogP contribution >= 0.6 is 0 Å². The van der Waals surface area contributed by atoms with E-state index < -0.39 is 18.9 Å². The van der Waals surface area contributed by atoms with Gasteiger partial charge in [-0.2, -0.15) is 0 Å². The molecule has 3 aliphatic carbocycles. The van der Waals surface area contributed by atoms with Crippen LogP contribution in [0.3, 0.4) is 0 Å². The van der Waals surface area contributed by atoms with Gasteiger partial charge in [-0.3, -0.25) is 0 Å². The van der Waals surface area contributed by atoms with Crippen molar-refractivity contribution in [1.29, 1.82) is 0 Å². The van der Waals surface area contributed by atoms with E-state index in [0.717, 1.165) is 17.8 Å². The first-order valence-electron chi connectivity index (χ1n) is 14.7. The summed E-state index contributed by atoms with van der Waals surface area (Å²) in [7, 11) is 0. The van der Waals surface area contributed by atoms with E-state index in [9.17, 15) is 0 Å². The number of rotatable bonds is 6. The Bertz CT molecular complexity index is 505. The second-order valence-corrected chi connectivity index (χ2v) is 25.2. The summed E-state index contributed by atoms with van der Waals surface area (Å²) in [6.07, 6.45) is 11.6.